The predicted octanol–water partition coefficient (Wildman–Crippen LogP) is 3.12. The molecule has 4 aliphatic heterocycles. The molecule has 2 bridgehead atoms. The van der Waals surface area contributed by atoms with Gasteiger partial charge in [-0.3, -0.25) is 14.5 Å². The topological polar surface area (TPSA) is 142 Å². The van der Waals surface area contributed by atoms with E-state index in [1.165, 1.54) is 9.21 Å². The number of benzene rings is 2. The first kappa shape index (κ1) is 31.7. The molecule has 4 aliphatic rings. The third-order valence-corrected chi connectivity index (χ3v) is 12.7. The number of carbonyl (C=O) groups excluding carboxylic acids is 2. The summed E-state index contributed by atoms with van der Waals surface area (Å²) < 4.78 is 84.6. The Morgan fingerprint density at radius 3 is 2.47 bits per heavy atom. The summed E-state index contributed by atoms with van der Waals surface area (Å²) in [6.45, 7) is 6.70. The van der Waals surface area contributed by atoms with Crippen LogP contribution in [0.4, 0.5) is 10.1 Å². The first-order chi connectivity index (χ1) is 25.5. The fourth-order valence-electron chi connectivity index (χ4n) is 8.42. The number of aryl methyl sites for hydroxylation is 2. The number of carbonyl (C=O) groups is 2. The van der Waals surface area contributed by atoms with Crippen molar-refractivity contribution in [3.63, 3.8) is 0 Å². The van der Waals surface area contributed by atoms with Crippen molar-refractivity contribution in [3.05, 3.63) is 67.8 Å². The molecule has 1 N–H and O–H groups in total. The Labute approximate surface area is 300 Å². The molecule has 51 heavy (non-hydrogen) atoms. The SMILES string of the molecule is [2H]C([2H])([2H])Oc1cc(C(=O)N2CCc3c(c(=O)oc4c(C)c(N5CCN(C)[C@@H](COC)C5)cc(C)c34)C2)c(F)cc1C(=O)NS(=O)(=O)N1C2CCC1CC2. The van der Waals surface area contributed by atoms with Crippen molar-refractivity contribution in [3.8, 4) is 5.75 Å². The van der Waals surface area contributed by atoms with E-state index in [1.807, 2.05) is 18.6 Å². The fourth-order valence-corrected chi connectivity index (χ4v) is 10.1. The second-order valence-corrected chi connectivity index (χ2v) is 15.6. The number of anilines is 1. The summed E-state index contributed by atoms with van der Waals surface area (Å²) in [4.78, 5) is 46.5. The quantitative estimate of drug-likeness (QED) is 0.344. The second-order valence-electron chi connectivity index (χ2n) is 14.1. The summed E-state index contributed by atoms with van der Waals surface area (Å²) in [7, 11) is -3.72. The Morgan fingerprint density at radius 1 is 1.06 bits per heavy atom. The Hall–Kier alpha value is -4.05. The molecule has 3 saturated heterocycles. The van der Waals surface area contributed by atoms with Gasteiger partial charge in [0.25, 0.3) is 11.8 Å². The van der Waals surface area contributed by atoms with Gasteiger partial charge in [0.15, 0.2) is 0 Å². The zero-order valence-electron chi connectivity index (χ0n) is 32.1. The van der Waals surface area contributed by atoms with Crippen molar-refractivity contribution < 1.29 is 40.4 Å². The summed E-state index contributed by atoms with van der Waals surface area (Å²) in [5, 5.41) is 0.785. The summed E-state index contributed by atoms with van der Waals surface area (Å²) in [5.41, 5.74) is 2.19. The number of halogens is 1. The lowest BCUT2D eigenvalue weighted by Crippen LogP contribution is -2.53. The van der Waals surface area contributed by atoms with E-state index in [9.17, 15) is 22.8 Å². The number of rotatable bonds is 8. The summed E-state index contributed by atoms with van der Waals surface area (Å²) >= 11 is 0. The minimum atomic E-state index is -4.34. The van der Waals surface area contributed by atoms with E-state index in [0.29, 0.717) is 43.9 Å². The molecule has 3 fully saturated rings. The van der Waals surface area contributed by atoms with Crippen LogP contribution in [0, 0.1) is 19.7 Å². The number of ether oxygens (including phenoxy) is 2. The van der Waals surface area contributed by atoms with Gasteiger partial charge in [0.2, 0.25) is 0 Å². The molecule has 0 unspecified atom stereocenters. The average molecular weight is 729 g/mol. The van der Waals surface area contributed by atoms with Crippen LogP contribution in [0.5, 0.6) is 5.75 Å². The van der Waals surface area contributed by atoms with E-state index in [4.69, 9.17) is 18.0 Å². The molecule has 0 aliphatic carbocycles. The van der Waals surface area contributed by atoms with Gasteiger partial charge in [0.1, 0.15) is 17.1 Å². The summed E-state index contributed by atoms with van der Waals surface area (Å²) in [6.07, 6.45) is 2.88. The maximum Gasteiger partial charge on any atom is 0.341 e. The molecule has 3 aromatic rings. The van der Waals surface area contributed by atoms with Crippen LogP contribution < -0.4 is 20.0 Å². The fraction of sp³-hybridized carbons (Fsp3) is 0.528. The highest BCUT2D eigenvalue weighted by Gasteiger charge is 2.47. The van der Waals surface area contributed by atoms with Crippen LogP contribution in [0.3, 0.4) is 0 Å². The van der Waals surface area contributed by atoms with E-state index >= 15 is 4.39 Å². The molecular weight excluding hydrogens is 681 g/mol. The number of amides is 2. The van der Waals surface area contributed by atoms with Crippen LogP contribution in [-0.2, 0) is 27.9 Å². The van der Waals surface area contributed by atoms with Gasteiger partial charge in [-0.15, -0.1) is 0 Å². The standard InChI is InChI=1S/C36H44FN5O8S/c1-20-14-30(40-13-12-39(3)24(17-40)19-48-4)21(2)33-32(20)25-10-11-41(18-28(25)36(45)50-33)35(44)26-16-31(49-5)27(15-29(26)37)34(43)38-51(46,47)42-22-6-7-23(42)9-8-22/h14-16,22-24H,6-13,17-19H2,1-5H3,(H,38,43)/t22?,23?,24-/m1/s1/i5D3. The molecule has 274 valence electrons. The van der Waals surface area contributed by atoms with E-state index in [1.54, 1.807) is 7.11 Å². The smallest absolute Gasteiger partial charge is 0.341 e. The minimum absolute atomic E-state index is 0.0926. The third kappa shape index (κ3) is 6.17. The highest BCUT2D eigenvalue weighted by atomic mass is 32.2. The molecule has 15 heteroatoms. The van der Waals surface area contributed by atoms with Crippen LogP contribution in [0.15, 0.2) is 27.4 Å². The Balaban J connectivity index is 1.17. The van der Waals surface area contributed by atoms with Crippen molar-refractivity contribution in [1.29, 1.82) is 0 Å². The first-order valence-corrected chi connectivity index (χ1v) is 18.6. The number of methoxy groups -OCH3 is 2. The lowest BCUT2D eigenvalue weighted by molar-refractivity contribution is 0.0727. The molecule has 0 spiro atoms. The molecule has 0 saturated carbocycles. The van der Waals surface area contributed by atoms with Gasteiger partial charge >= 0.3 is 15.8 Å². The van der Waals surface area contributed by atoms with E-state index in [0.717, 1.165) is 53.5 Å². The van der Waals surface area contributed by atoms with Crippen LogP contribution in [0.25, 0.3) is 11.0 Å². The molecular formula is C36H44FN5O8S. The van der Waals surface area contributed by atoms with Gasteiger partial charge in [-0.25, -0.2) is 13.9 Å². The van der Waals surface area contributed by atoms with E-state index in [-0.39, 0.29) is 43.2 Å². The molecule has 2 amide bonds. The van der Waals surface area contributed by atoms with Gasteiger partial charge in [0, 0.05) is 62.0 Å². The highest BCUT2D eigenvalue weighted by molar-refractivity contribution is 7.87. The van der Waals surface area contributed by atoms with Crippen LogP contribution in [-0.4, -0.2) is 106 Å². The molecule has 0 radical (unpaired) electrons. The maximum atomic E-state index is 15.8. The van der Waals surface area contributed by atoms with Crippen LogP contribution in [0.2, 0.25) is 0 Å². The van der Waals surface area contributed by atoms with Crippen molar-refractivity contribution in [1.82, 2.24) is 18.8 Å². The Bertz CT molecular complexity index is 2180. The zero-order chi connectivity index (χ0) is 38.9. The van der Waals surface area contributed by atoms with E-state index < -0.39 is 57.4 Å². The largest absolute Gasteiger partial charge is 0.496 e. The lowest BCUT2D eigenvalue weighted by atomic mass is 9.92. The molecule has 1 atom stereocenters. The molecule has 5 heterocycles. The number of hydrogen-bond donors (Lipinski definition) is 1. The number of piperazine rings is 1. The number of fused-ring (bicyclic) bond motifs is 5. The Morgan fingerprint density at radius 2 is 1.78 bits per heavy atom. The number of nitrogens with one attached hydrogen (secondary N) is 1. The zero-order valence-corrected chi connectivity index (χ0v) is 29.9. The monoisotopic (exact) mass is 728 g/mol. The average Bonchev–Trinajstić information content (AvgIpc) is 3.73. The van der Waals surface area contributed by atoms with Crippen LogP contribution >= 0.6 is 0 Å². The molecule has 2 aromatic carbocycles. The summed E-state index contributed by atoms with van der Waals surface area (Å²) in [6, 6.07) is 3.15. The first-order valence-electron chi connectivity index (χ1n) is 18.7. The van der Waals surface area contributed by atoms with Gasteiger partial charge in [-0.2, -0.15) is 12.7 Å². The number of hydrogen-bond acceptors (Lipinski definition) is 10. The van der Waals surface area contributed by atoms with Crippen molar-refractivity contribution in [2.24, 2.45) is 0 Å². The van der Waals surface area contributed by atoms with Crippen molar-refractivity contribution in [2.75, 3.05) is 58.9 Å². The number of likely N-dealkylation sites (N-methyl/N-ethyl adjacent to an activating group) is 1. The van der Waals surface area contributed by atoms with Crippen LogP contribution in [0.1, 0.15) is 72.8 Å². The van der Waals surface area contributed by atoms with Gasteiger partial charge in [0.05, 0.1) is 47.0 Å². The summed E-state index contributed by atoms with van der Waals surface area (Å²) in [5.74, 6) is -4.08. The second kappa shape index (κ2) is 13.5. The van der Waals surface area contributed by atoms with Gasteiger partial charge in [-0.1, -0.05) is 0 Å². The van der Waals surface area contributed by atoms with Gasteiger partial charge < -0.3 is 23.7 Å². The predicted molar refractivity (Wildman–Crippen MR) is 188 cm³/mol. The van der Waals surface area contributed by atoms with E-state index in [2.05, 4.69) is 22.9 Å². The lowest BCUT2D eigenvalue weighted by Gasteiger charge is -2.41. The normalized spacial score (nSPS) is 23.5. The third-order valence-electron chi connectivity index (χ3n) is 11.1. The van der Waals surface area contributed by atoms with Crippen molar-refractivity contribution >= 4 is 38.7 Å². The molecule has 7 rings (SSSR count). The van der Waals surface area contributed by atoms with Gasteiger partial charge in [-0.05, 0) is 82.3 Å². The molecule has 1 aromatic heterocycles. The maximum absolute atomic E-state index is 15.8. The highest BCUT2D eigenvalue weighted by Crippen LogP contribution is 2.40. The molecule has 13 nitrogen and oxygen atoms in total. The van der Waals surface area contributed by atoms with Crippen molar-refractivity contribution in [2.45, 2.75) is 70.6 Å². The Kier molecular flexibility index (Phi) is 8.38. The number of nitrogens with zero attached hydrogens (tertiary/aromatic N) is 4. The minimum Gasteiger partial charge on any atom is -0.496 e.